The van der Waals surface area contributed by atoms with Crippen molar-refractivity contribution in [3.63, 3.8) is 0 Å². The van der Waals surface area contributed by atoms with Crippen LogP contribution < -0.4 is 4.74 Å². The third kappa shape index (κ3) is 1.70. The maximum absolute atomic E-state index is 12.4. The molecule has 0 bridgehead atoms. The molecule has 1 aliphatic rings. The molecular weight excluding hydrogens is 224 g/mol. The Morgan fingerprint density at radius 1 is 1.06 bits per heavy atom. The highest BCUT2D eigenvalue weighted by Crippen LogP contribution is 2.29. The average Bonchev–Trinajstić information content (AvgIpc) is 2.40. The Labute approximate surface area is 106 Å². The van der Waals surface area contributed by atoms with Crippen molar-refractivity contribution in [1.82, 2.24) is 0 Å². The van der Waals surface area contributed by atoms with Gasteiger partial charge < -0.3 is 4.74 Å². The molecule has 3 rings (SSSR count). The molecule has 2 nitrogen and oxygen atoms in total. The highest BCUT2D eigenvalue weighted by atomic mass is 16.5. The summed E-state index contributed by atoms with van der Waals surface area (Å²) in [5.41, 5.74) is 3.79. The lowest BCUT2D eigenvalue weighted by atomic mass is 9.85. The van der Waals surface area contributed by atoms with E-state index < -0.39 is 0 Å². The third-order valence-corrected chi connectivity index (χ3v) is 3.28. The van der Waals surface area contributed by atoms with Crippen LogP contribution in [-0.4, -0.2) is 12.4 Å². The molecule has 1 aliphatic carbocycles. The number of ketones is 1. The van der Waals surface area contributed by atoms with Gasteiger partial charge in [-0.25, -0.2) is 0 Å². The van der Waals surface area contributed by atoms with Crippen LogP contribution in [0.15, 0.2) is 42.5 Å². The van der Waals surface area contributed by atoms with Crippen molar-refractivity contribution in [2.75, 3.05) is 6.61 Å². The second-order valence-electron chi connectivity index (χ2n) is 4.42. The Morgan fingerprint density at radius 2 is 1.83 bits per heavy atom. The molecule has 0 heterocycles. The van der Waals surface area contributed by atoms with Gasteiger partial charge in [0.05, 0.1) is 6.61 Å². The summed E-state index contributed by atoms with van der Waals surface area (Å²) in [6.07, 6.45) is 0.823. The van der Waals surface area contributed by atoms with Crippen LogP contribution in [0, 0.1) is 0 Å². The van der Waals surface area contributed by atoms with Crippen molar-refractivity contribution in [3.05, 3.63) is 64.7 Å². The molecule has 2 heteroatoms. The third-order valence-electron chi connectivity index (χ3n) is 3.28. The number of hydrogen-bond acceptors (Lipinski definition) is 2. The first-order valence-electron chi connectivity index (χ1n) is 6.18. The minimum absolute atomic E-state index is 0.105. The van der Waals surface area contributed by atoms with E-state index in [4.69, 9.17) is 4.74 Å². The Morgan fingerprint density at radius 3 is 2.67 bits per heavy atom. The second-order valence-corrected chi connectivity index (χ2v) is 4.42. The number of rotatable bonds is 2. The van der Waals surface area contributed by atoms with Crippen molar-refractivity contribution in [2.45, 2.75) is 13.3 Å². The number of carbonyl (C=O) groups excluding carboxylic acids is 1. The fourth-order valence-corrected chi connectivity index (χ4v) is 2.42. The summed E-state index contributed by atoms with van der Waals surface area (Å²) in [5, 5.41) is 0. The van der Waals surface area contributed by atoms with Gasteiger partial charge in [0.25, 0.3) is 0 Å². The summed E-state index contributed by atoms with van der Waals surface area (Å²) in [6.45, 7) is 2.56. The van der Waals surface area contributed by atoms with Crippen LogP contribution in [-0.2, 0) is 6.42 Å². The van der Waals surface area contributed by atoms with Crippen molar-refractivity contribution in [2.24, 2.45) is 0 Å². The fraction of sp³-hybridized carbons (Fsp3) is 0.188. The van der Waals surface area contributed by atoms with Crippen LogP contribution in [0.25, 0.3) is 0 Å². The normalized spacial score (nSPS) is 12.8. The molecule has 2 aromatic rings. The van der Waals surface area contributed by atoms with Crippen LogP contribution in [0.2, 0.25) is 0 Å². The van der Waals surface area contributed by atoms with Gasteiger partial charge in [-0.05, 0) is 36.6 Å². The van der Waals surface area contributed by atoms with Crippen LogP contribution >= 0.6 is 0 Å². The van der Waals surface area contributed by atoms with Gasteiger partial charge in [-0.3, -0.25) is 4.79 Å². The standard InChI is InChI=1S/C16H14O2/c1-2-18-13-8-7-12-9-11-5-3-4-6-14(11)16(17)15(12)10-13/h3-8,10H,2,9H2,1H3. The van der Waals surface area contributed by atoms with E-state index in [1.807, 2.05) is 49.4 Å². The molecule has 90 valence electrons. The molecule has 0 aromatic heterocycles. The van der Waals surface area contributed by atoms with Gasteiger partial charge in [0.1, 0.15) is 5.75 Å². The van der Waals surface area contributed by atoms with E-state index in [1.165, 1.54) is 0 Å². The molecule has 0 atom stereocenters. The molecule has 0 aliphatic heterocycles. The van der Waals surface area contributed by atoms with Gasteiger partial charge in [-0.1, -0.05) is 30.3 Å². The lowest BCUT2D eigenvalue weighted by Gasteiger charge is -2.19. The molecule has 0 amide bonds. The molecular formula is C16H14O2. The highest BCUT2D eigenvalue weighted by Gasteiger charge is 2.22. The Kier molecular flexibility index (Phi) is 2.63. The van der Waals surface area contributed by atoms with E-state index in [9.17, 15) is 4.79 Å². The summed E-state index contributed by atoms with van der Waals surface area (Å²) in [7, 11) is 0. The smallest absolute Gasteiger partial charge is 0.193 e. The largest absolute Gasteiger partial charge is 0.494 e. The molecule has 0 fully saturated rings. The van der Waals surface area contributed by atoms with Crippen molar-refractivity contribution < 1.29 is 9.53 Å². The molecule has 2 aromatic carbocycles. The number of fused-ring (bicyclic) bond motifs is 2. The Balaban J connectivity index is 2.08. The quantitative estimate of drug-likeness (QED) is 0.685. The number of carbonyl (C=O) groups is 1. The Bertz CT molecular complexity index is 614. The number of hydrogen-bond donors (Lipinski definition) is 0. The SMILES string of the molecule is CCOc1ccc2c(c1)C(=O)c1ccccc1C2. The van der Waals surface area contributed by atoms with Gasteiger partial charge in [0.2, 0.25) is 0 Å². The van der Waals surface area contributed by atoms with E-state index in [1.54, 1.807) is 0 Å². The predicted molar refractivity (Wildman–Crippen MR) is 70.3 cm³/mol. The summed E-state index contributed by atoms with van der Waals surface area (Å²) in [6, 6.07) is 13.6. The summed E-state index contributed by atoms with van der Waals surface area (Å²) >= 11 is 0. The van der Waals surface area contributed by atoms with E-state index in [0.29, 0.717) is 6.61 Å². The van der Waals surface area contributed by atoms with E-state index in [0.717, 1.165) is 34.4 Å². The number of benzene rings is 2. The summed E-state index contributed by atoms with van der Waals surface area (Å²) in [5.74, 6) is 0.873. The summed E-state index contributed by atoms with van der Waals surface area (Å²) in [4.78, 5) is 12.4. The van der Waals surface area contributed by atoms with Gasteiger partial charge in [-0.15, -0.1) is 0 Å². The predicted octanol–water partition coefficient (Wildman–Crippen LogP) is 3.22. The molecule has 0 N–H and O–H groups in total. The van der Waals surface area contributed by atoms with Crippen LogP contribution in [0.4, 0.5) is 0 Å². The minimum atomic E-state index is 0.105. The lowest BCUT2D eigenvalue weighted by molar-refractivity contribution is 0.103. The highest BCUT2D eigenvalue weighted by molar-refractivity contribution is 6.12. The minimum Gasteiger partial charge on any atom is -0.494 e. The van der Waals surface area contributed by atoms with Crippen molar-refractivity contribution in [1.29, 1.82) is 0 Å². The first-order valence-corrected chi connectivity index (χ1v) is 6.18. The van der Waals surface area contributed by atoms with Gasteiger partial charge in [0.15, 0.2) is 5.78 Å². The van der Waals surface area contributed by atoms with Crippen LogP contribution in [0.1, 0.15) is 34.0 Å². The number of ether oxygens (including phenoxy) is 1. The van der Waals surface area contributed by atoms with Crippen LogP contribution in [0.3, 0.4) is 0 Å². The average molecular weight is 238 g/mol. The summed E-state index contributed by atoms with van der Waals surface area (Å²) < 4.78 is 5.46. The molecule has 0 spiro atoms. The molecule has 0 radical (unpaired) electrons. The van der Waals surface area contributed by atoms with Crippen LogP contribution in [0.5, 0.6) is 5.75 Å². The van der Waals surface area contributed by atoms with Gasteiger partial charge in [-0.2, -0.15) is 0 Å². The first kappa shape index (κ1) is 11.0. The monoisotopic (exact) mass is 238 g/mol. The van der Waals surface area contributed by atoms with E-state index >= 15 is 0 Å². The maximum atomic E-state index is 12.4. The van der Waals surface area contributed by atoms with E-state index in [2.05, 4.69) is 0 Å². The van der Waals surface area contributed by atoms with Gasteiger partial charge in [0, 0.05) is 11.1 Å². The van der Waals surface area contributed by atoms with Crippen molar-refractivity contribution in [3.8, 4) is 5.75 Å². The molecule has 0 saturated heterocycles. The van der Waals surface area contributed by atoms with E-state index in [-0.39, 0.29) is 5.78 Å². The zero-order chi connectivity index (χ0) is 12.5. The zero-order valence-corrected chi connectivity index (χ0v) is 10.3. The second kappa shape index (κ2) is 4.30. The Hall–Kier alpha value is -2.09. The zero-order valence-electron chi connectivity index (χ0n) is 10.3. The molecule has 0 saturated carbocycles. The molecule has 18 heavy (non-hydrogen) atoms. The molecule has 0 unspecified atom stereocenters. The van der Waals surface area contributed by atoms with Crippen molar-refractivity contribution >= 4 is 5.78 Å². The lowest BCUT2D eigenvalue weighted by Crippen LogP contribution is -2.15. The van der Waals surface area contributed by atoms with Gasteiger partial charge >= 0.3 is 0 Å². The maximum Gasteiger partial charge on any atom is 0.193 e. The topological polar surface area (TPSA) is 26.3 Å². The first-order chi connectivity index (χ1) is 8.79. The fourth-order valence-electron chi connectivity index (χ4n) is 2.42.